The summed E-state index contributed by atoms with van der Waals surface area (Å²) < 4.78 is 25.8. The third-order valence-corrected chi connectivity index (χ3v) is 5.04. The molecule has 0 bridgehead atoms. The topological polar surface area (TPSA) is 64.6 Å². The Morgan fingerprint density at radius 2 is 2.09 bits per heavy atom. The van der Waals surface area contributed by atoms with Crippen LogP contribution >= 0.6 is 0 Å². The smallest absolute Gasteiger partial charge is 0.328 e. The van der Waals surface area contributed by atoms with Crippen molar-refractivity contribution >= 4 is 22.5 Å². The summed E-state index contributed by atoms with van der Waals surface area (Å²) in [5.41, 5.74) is 1.53. The van der Waals surface area contributed by atoms with Crippen LogP contribution in [0.3, 0.4) is 0 Å². The maximum atomic E-state index is 12.4. The lowest BCUT2D eigenvalue weighted by Gasteiger charge is -2.26. The van der Waals surface area contributed by atoms with Gasteiger partial charge in [-0.25, -0.2) is 8.93 Å². The molecule has 0 radical (unpaired) electrons. The molecule has 23 heavy (non-hydrogen) atoms. The van der Waals surface area contributed by atoms with Gasteiger partial charge in [0.1, 0.15) is 5.75 Å². The summed E-state index contributed by atoms with van der Waals surface area (Å²) in [6, 6.07) is 6.57. The molecule has 0 fully saturated rings. The first-order chi connectivity index (χ1) is 10.8. The predicted octanol–water partition coefficient (Wildman–Crippen LogP) is 2.44. The largest absolute Gasteiger partial charge is 0.483 e. The van der Waals surface area contributed by atoms with Crippen LogP contribution in [0.4, 0.5) is 0 Å². The highest BCUT2D eigenvalue weighted by molar-refractivity contribution is 7.84. The number of fused-ring (bicyclic) bond motifs is 1. The molecule has 1 aromatic rings. The standard InChI is InChI=1S/C17H23NO4S/c1-6-21-16(19)14(18-23(20)17(3,4)5)15-11(2)12-9-7-8-10-13(12)22-15/h7-10,14-15,18H,2,6H2,1,3-5H3/t14-,15+,23?/m0/s1. The molecule has 3 atom stereocenters. The van der Waals surface area contributed by atoms with Crippen LogP contribution in [0.5, 0.6) is 5.75 Å². The van der Waals surface area contributed by atoms with E-state index in [1.165, 1.54) is 0 Å². The molecule has 1 heterocycles. The number of rotatable bonds is 5. The number of para-hydroxylation sites is 1. The Morgan fingerprint density at radius 1 is 1.43 bits per heavy atom. The third kappa shape index (κ3) is 3.82. The zero-order valence-corrected chi connectivity index (χ0v) is 14.7. The second kappa shape index (κ2) is 6.84. The first-order valence-corrected chi connectivity index (χ1v) is 8.70. The summed E-state index contributed by atoms with van der Waals surface area (Å²) in [6.07, 6.45) is -0.641. The van der Waals surface area contributed by atoms with Crippen molar-refractivity contribution in [3.8, 4) is 5.75 Å². The van der Waals surface area contributed by atoms with Crippen molar-refractivity contribution in [3.63, 3.8) is 0 Å². The molecule has 0 amide bonds. The molecule has 1 unspecified atom stereocenters. The number of carbonyl (C=O) groups excluding carboxylic acids is 1. The highest BCUT2D eigenvalue weighted by Gasteiger charge is 2.40. The quantitative estimate of drug-likeness (QED) is 0.838. The fourth-order valence-electron chi connectivity index (χ4n) is 2.22. The molecule has 1 N–H and O–H groups in total. The van der Waals surface area contributed by atoms with E-state index < -0.39 is 33.8 Å². The van der Waals surface area contributed by atoms with E-state index in [0.717, 1.165) is 5.56 Å². The molecule has 6 heteroatoms. The van der Waals surface area contributed by atoms with Crippen LogP contribution in [-0.4, -0.2) is 33.7 Å². The molecule has 1 aliphatic rings. The van der Waals surface area contributed by atoms with E-state index in [0.29, 0.717) is 11.3 Å². The van der Waals surface area contributed by atoms with Crippen LogP contribution in [0.2, 0.25) is 0 Å². The maximum Gasteiger partial charge on any atom is 0.328 e. The summed E-state index contributed by atoms with van der Waals surface area (Å²) in [5.74, 6) is 0.171. The van der Waals surface area contributed by atoms with Gasteiger partial charge in [0.15, 0.2) is 12.1 Å². The molecule has 0 aliphatic carbocycles. The van der Waals surface area contributed by atoms with Gasteiger partial charge in [0.25, 0.3) is 0 Å². The van der Waals surface area contributed by atoms with Gasteiger partial charge in [0, 0.05) is 5.56 Å². The van der Waals surface area contributed by atoms with Crippen molar-refractivity contribution < 1.29 is 18.5 Å². The molecular formula is C17H23NO4S. The highest BCUT2D eigenvalue weighted by Crippen LogP contribution is 2.37. The molecule has 1 aromatic carbocycles. The van der Waals surface area contributed by atoms with Crippen LogP contribution in [0.15, 0.2) is 30.8 Å². The Hall–Kier alpha value is -1.66. The summed E-state index contributed by atoms with van der Waals surface area (Å²) in [5, 5.41) is 0. The Kier molecular flexibility index (Phi) is 5.26. The van der Waals surface area contributed by atoms with E-state index in [-0.39, 0.29) is 6.61 Å². The Labute approximate surface area is 139 Å². The number of hydrogen-bond acceptors (Lipinski definition) is 4. The third-order valence-electron chi connectivity index (χ3n) is 3.46. The fraction of sp³-hybridized carbons (Fsp3) is 0.471. The minimum absolute atomic E-state index is 0.241. The number of benzene rings is 1. The minimum Gasteiger partial charge on any atom is -0.483 e. The number of esters is 1. The van der Waals surface area contributed by atoms with Gasteiger partial charge in [-0.05, 0) is 39.3 Å². The average molecular weight is 337 g/mol. The molecule has 0 aromatic heterocycles. The van der Waals surface area contributed by atoms with E-state index in [9.17, 15) is 9.00 Å². The number of hydrogen-bond donors (Lipinski definition) is 1. The number of nitrogens with one attached hydrogen (secondary N) is 1. The summed E-state index contributed by atoms with van der Waals surface area (Å²) in [6.45, 7) is 11.5. The van der Waals surface area contributed by atoms with Crippen molar-refractivity contribution in [1.82, 2.24) is 4.72 Å². The summed E-state index contributed by atoms with van der Waals surface area (Å²) >= 11 is 0. The second-order valence-electron chi connectivity index (χ2n) is 6.29. The van der Waals surface area contributed by atoms with Crippen LogP contribution in [0, 0.1) is 0 Å². The summed E-state index contributed by atoms with van der Waals surface area (Å²) in [7, 11) is -1.44. The highest BCUT2D eigenvalue weighted by atomic mass is 32.2. The van der Waals surface area contributed by atoms with Gasteiger partial charge in [0.05, 0.1) is 22.3 Å². The fourth-order valence-corrected chi connectivity index (χ4v) is 3.03. The second-order valence-corrected chi connectivity index (χ2v) is 8.29. The van der Waals surface area contributed by atoms with E-state index in [2.05, 4.69) is 11.3 Å². The van der Waals surface area contributed by atoms with Crippen molar-refractivity contribution in [2.75, 3.05) is 6.61 Å². The zero-order chi connectivity index (χ0) is 17.2. The van der Waals surface area contributed by atoms with E-state index >= 15 is 0 Å². The Morgan fingerprint density at radius 3 is 2.65 bits per heavy atom. The number of carbonyl (C=O) groups is 1. The van der Waals surface area contributed by atoms with Crippen LogP contribution in [0.1, 0.15) is 33.3 Å². The molecule has 0 saturated heterocycles. The number of ether oxygens (including phenoxy) is 2. The van der Waals surface area contributed by atoms with E-state index in [1.807, 2.05) is 45.0 Å². The normalized spacial score (nSPS) is 19.7. The van der Waals surface area contributed by atoms with Gasteiger partial charge in [-0.15, -0.1) is 0 Å². The first-order valence-electron chi connectivity index (χ1n) is 7.55. The van der Waals surface area contributed by atoms with Gasteiger partial charge in [-0.1, -0.05) is 24.8 Å². The van der Waals surface area contributed by atoms with Crippen molar-refractivity contribution in [2.24, 2.45) is 0 Å². The molecule has 2 rings (SSSR count). The lowest BCUT2D eigenvalue weighted by atomic mass is 10.00. The molecule has 0 spiro atoms. The Balaban J connectivity index is 2.27. The average Bonchev–Trinajstić information content (AvgIpc) is 2.81. The molecule has 1 aliphatic heterocycles. The SMILES string of the molecule is C=C1c2ccccc2O[C@H]1[C@H](NS(=O)C(C)(C)C)C(=O)OCC. The van der Waals surface area contributed by atoms with Crippen LogP contribution < -0.4 is 9.46 Å². The minimum atomic E-state index is -1.44. The summed E-state index contributed by atoms with van der Waals surface area (Å²) in [4.78, 5) is 12.3. The monoisotopic (exact) mass is 337 g/mol. The lowest BCUT2D eigenvalue weighted by Crippen LogP contribution is -2.52. The van der Waals surface area contributed by atoms with Gasteiger partial charge in [-0.3, -0.25) is 4.79 Å². The lowest BCUT2D eigenvalue weighted by molar-refractivity contribution is -0.146. The van der Waals surface area contributed by atoms with Gasteiger partial charge in [0.2, 0.25) is 0 Å². The maximum absolute atomic E-state index is 12.4. The van der Waals surface area contributed by atoms with Gasteiger partial charge in [-0.2, -0.15) is 0 Å². The van der Waals surface area contributed by atoms with E-state index in [1.54, 1.807) is 6.92 Å². The molecule has 5 nitrogen and oxygen atoms in total. The molecular weight excluding hydrogens is 314 g/mol. The first kappa shape index (κ1) is 17.7. The van der Waals surface area contributed by atoms with Gasteiger partial charge >= 0.3 is 5.97 Å². The van der Waals surface area contributed by atoms with Crippen molar-refractivity contribution in [1.29, 1.82) is 0 Å². The molecule has 126 valence electrons. The van der Waals surface area contributed by atoms with Crippen molar-refractivity contribution in [2.45, 2.75) is 44.6 Å². The predicted molar refractivity (Wildman–Crippen MR) is 91.3 cm³/mol. The Bertz CT molecular complexity index is 636. The van der Waals surface area contributed by atoms with Gasteiger partial charge < -0.3 is 9.47 Å². The zero-order valence-electron chi connectivity index (χ0n) is 13.9. The van der Waals surface area contributed by atoms with E-state index in [4.69, 9.17) is 9.47 Å². The van der Waals surface area contributed by atoms with Crippen molar-refractivity contribution in [3.05, 3.63) is 36.4 Å². The van der Waals surface area contributed by atoms with Crippen LogP contribution in [-0.2, 0) is 20.5 Å². The van der Waals surface area contributed by atoms with Crippen LogP contribution in [0.25, 0.3) is 5.57 Å². The molecule has 0 saturated carbocycles.